The maximum atomic E-state index is 12.0. The minimum absolute atomic E-state index is 0.212. The highest BCUT2D eigenvalue weighted by Crippen LogP contribution is 2.15. The Labute approximate surface area is 128 Å². The second-order valence-corrected chi connectivity index (χ2v) is 6.41. The minimum Gasteiger partial charge on any atom is -0.444 e. The van der Waals surface area contributed by atoms with Crippen LogP contribution < -0.4 is 5.32 Å². The van der Waals surface area contributed by atoms with Crippen LogP contribution in [-0.2, 0) is 9.47 Å². The van der Waals surface area contributed by atoms with Gasteiger partial charge >= 0.3 is 6.09 Å². The van der Waals surface area contributed by atoms with E-state index in [-0.39, 0.29) is 6.09 Å². The number of hydrogen-bond acceptors (Lipinski definition) is 4. The van der Waals surface area contributed by atoms with Crippen molar-refractivity contribution in [3.8, 4) is 0 Å². The zero-order valence-electron chi connectivity index (χ0n) is 13.7. The Morgan fingerprint density at radius 1 is 1.43 bits per heavy atom. The molecule has 122 valence electrons. The topological polar surface area (TPSA) is 50.8 Å². The van der Waals surface area contributed by atoms with Crippen LogP contribution in [0.15, 0.2) is 12.7 Å². The summed E-state index contributed by atoms with van der Waals surface area (Å²) in [6, 6.07) is 0.328. The van der Waals surface area contributed by atoms with Crippen LogP contribution in [-0.4, -0.2) is 55.5 Å². The number of amides is 1. The molecule has 0 spiro atoms. The van der Waals surface area contributed by atoms with Crippen molar-refractivity contribution in [1.29, 1.82) is 0 Å². The van der Waals surface area contributed by atoms with Crippen LogP contribution in [0, 0.1) is 0 Å². The lowest BCUT2D eigenvalue weighted by Gasteiger charge is -2.34. The van der Waals surface area contributed by atoms with E-state index in [0.29, 0.717) is 19.2 Å². The lowest BCUT2D eigenvalue weighted by molar-refractivity contribution is 0.0184. The third-order valence-corrected chi connectivity index (χ3v) is 3.22. The average Bonchev–Trinajstić information content (AvgIpc) is 2.41. The number of carbonyl (C=O) groups excluding carboxylic acids is 1. The standard InChI is InChI=1S/C16H30N2O3/c1-5-6-11-20-12-9-17-14-8-7-10-18(13-14)15(19)21-16(2,3)4/h5,14,17H,1,6-13H2,2-4H3. The summed E-state index contributed by atoms with van der Waals surface area (Å²) in [4.78, 5) is 13.8. The first-order valence-electron chi connectivity index (χ1n) is 7.82. The molecule has 21 heavy (non-hydrogen) atoms. The highest BCUT2D eigenvalue weighted by atomic mass is 16.6. The predicted octanol–water partition coefficient (Wildman–Crippen LogP) is 2.57. The third kappa shape index (κ3) is 8.07. The number of nitrogens with one attached hydrogen (secondary N) is 1. The Hall–Kier alpha value is -1.07. The van der Waals surface area contributed by atoms with Crippen LogP contribution in [0.1, 0.15) is 40.0 Å². The zero-order valence-corrected chi connectivity index (χ0v) is 13.7. The number of hydrogen-bond donors (Lipinski definition) is 1. The molecule has 5 heteroatoms. The molecule has 0 bridgehead atoms. The van der Waals surface area contributed by atoms with Gasteiger partial charge in [-0.2, -0.15) is 0 Å². The van der Waals surface area contributed by atoms with Crippen molar-refractivity contribution in [2.45, 2.75) is 51.7 Å². The van der Waals surface area contributed by atoms with Gasteiger partial charge in [0.05, 0.1) is 13.2 Å². The van der Waals surface area contributed by atoms with Gasteiger partial charge in [0, 0.05) is 25.7 Å². The summed E-state index contributed by atoms with van der Waals surface area (Å²) in [6.45, 7) is 13.1. The molecule has 1 fully saturated rings. The smallest absolute Gasteiger partial charge is 0.410 e. The van der Waals surface area contributed by atoms with Crippen LogP contribution in [0.3, 0.4) is 0 Å². The molecule has 1 aliphatic rings. The molecule has 1 heterocycles. The van der Waals surface area contributed by atoms with Crippen molar-refractivity contribution in [3.05, 3.63) is 12.7 Å². The van der Waals surface area contributed by atoms with Gasteiger partial charge in [0.1, 0.15) is 5.60 Å². The molecule has 1 saturated heterocycles. The van der Waals surface area contributed by atoms with E-state index in [2.05, 4.69) is 11.9 Å². The van der Waals surface area contributed by atoms with Crippen molar-refractivity contribution in [2.24, 2.45) is 0 Å². The Morgan fingerprint density at radius 2 is 2.19 bits per heavy atom. The molecule has 0 aromatic carbocycles. The summed E-state index contributed by atoms with van der Waals surface area (Å²) >= 11 is 0. The lowest BCUT2D eigenvalue weighted by Crippen LogP contribution is -2.49. The number of piperidine rings is 1. The van der Waals surface area contributed by atoms with Crippen molar-refractivity contribution < 1.29 is 14.3 Å². The van der Waals surface area contributed by atoms with E-state index in [1.165, 1.54) is 0 Å². The van der Waals surface area contributed by atoms with Gasteiger partial charge in [-0.05, 0) is 40.0 Å². The SMILES string of the molecule is C=CCCOCCNC1CCCN(C(=O)OC(C)(C)C)C1. The van der Waals surface area contributed by atoms with Gasteiger partial charge in [-0.3, -0.25) is 0 Å². The second-order valence-electron chi connectivity index (χ2n) is 6.41. The molecule has 1 unspecified atom stereocenters. The Morgan fingerprint density at radius 3 is 2.86 bits per heavy atom. The van der Waals surface area contributed by atoms with Gasteiger partial charge in [-0.15, -0.1) is 6.58 Å². The van der Waals surface area contributed by atoms with Crippen LogP contribution in [0.5, 0.6) is 0 Å². The molecule has 0 saturated carbocycles. The molecular formula is C16H30N2O3. The quantitative estimate of drug-likeness (QED) is 0.580. The van der Waals surface area contributed by atoms with E-state index in [0.717, 1.165) is 39.0 Å². The highest BCUT2D eigenvalue weighted by Gasteiger charge is 2.27. The highest BCUT2D eigenvalue weighted by molar-refractivity contribution is 5.68. The van der Waals surface area contributed by atoms with Crippen LogP contribution in [0.4, 0.5) is 4.79 Å². The monoisotopic (exact) mass is 298 g/mol. The number of ether oxygens (including phenoxy) is 2. The molecule has 1 aliphatic heterocycles. The maximum Gasteiger partial charge on any atom is 0.410 e. The number of nitrogens with zero attached hydrogens (tertiary/aromatic N) is 1. The average molecular weight is 298 g/mol. The van der Waals surface area contributed by atoms with Gasteiger partial charge in [0.2, 0.25) is 0 Å². The Bertz CT molecular complexity index is 326. The Balaban J connectivity index is 2.22. The first kappa shape index (κ1) is 18.0. The van der Waals surface area contributed by atoms with Gasteiger partial charge in [-0.25, -0.2) is 4.79 Å². The predicted molar refractivity (Wildman–Crippen MR) is 84.5 cm³/mol. The van der Waals surface area contributed by atoms with Gasteiger partial charge in [-0.1, -0.05) is 6.08 Å². The largest absolute Gasteiger partial charge is 0.444 e. The van der Waals surface area contributed by atoms with Crippen molar-refractivity contribution in [3.63, 3.8) is 0 Å². The molecule has 1 rings (SSSR count). The third-order valence-electron chi connectivity index (χ3n) is 3.22. The van der Waals surface area contributed by atoms with Crippen LogP contribution in [0.2, 0.25) is 0 Å². The number of likely N-dealkylation sites (tertiary alicyclic amines) is 1. The lowest BCUT2D eigenvalue weighted by atomic mass is 10.1. The van der Waals surface area contributed by atoms with Crippen molar-refractivity contribution in [2.75, 3.05) is 32.8 Å². The first-order valence-corrected chi connectivity index (χ1v) is 7.82. The number of carbonyl (C=O) groups is 1. The van der Waals surface area contributed by atoms with Gasteiger partial charge < -0.3 is 19.7 Å². The second kappa shape index (κ2) is 9.05. The molecule has 1 amide bonds. The van der Waals surface area contributed by atoms with Crippen LogP contribution in [0.25, 0.3) is 0 Å². The van der Waals surface area contributed by atoms with Crippen LogP contribution >= 0.6 is 0 Å². The molecular weight excluding hydrogens is 268 g/mol. The summed E-state index contributed by atoms with van der Waals surface area (Å²) in [5.41, 5.74) is -0.434. The van der Waals surface area contributed by atoms with E-state index in [1.807, 2.05) is 26.8 Å². The minimum atomic E-state index is -0.434. The summed E-state index contributed by atoms with van der Waals surface area (Å²) in [7, 11) is 0. The molecule has 1 N–H and O–H groups in total. The van der Waals surface area contributed by atoms with E-state index < -0.39 is 5.60 Å². The Kier molecular flexibility index (Phi) is 7.75. The summed E-state index contributed by atoms with van der Waals surface area (Å²) in [6.07, 6.45) is 4.62. The number of rotatable bonds is 7. The summed E-state index contributed by atoms with van der Waals surface area (Å²) in [5.74, 6) is 0. The van der Waals surface area contributed by atoms with E-state index in [4.69, 9.17) is 9.47 Å². The molecule has 1 atom stereocenters. The fraction of sp³-hybridized carbons (Fsp3) is 0.812. The molecule has 0 radical (unpaired) electrons. The fourth-order valence-electron chi connectivity index (χ4n) is 2.24. The fourth-order valence-corrected chi connectivity index (χ4v) is 2.24. The molecule has 0 aromatic rings. The van der Waals surface area contributed by atoms with E-state index in [9.17, 15) is 4.79 Å². The normalized spacial score (nSPS) is 19.4. The maximum absolute atomic E-state index is 12.0. The summed E-state index contributed by atoms with van der Waals surface area (Å²) < 4.78 is 10.9. The molecule has 0 aromatic heterocycles. The van der Waals surface area contributed by atoms with Gasteiger partial charge in [0.25, 0.3) is 0 Å². The zero-order chi connectivity index (χ0) is 15.7. The molecule has 5 nitrogen and oxygen atoms in total. The summed E-state index contributed by atoms with van der Waals surface area (Å²) in [5, 5.41) is 3.45. The van der Waals surface area contributed by atoms with E-state index >= 15 is 0 Å². The van der Waals surface area contributed by atoms with E-state index in [1.54, 1.807) is 4.90 Å². The van der Waals surface area contributed by atoms with Gasteiger partial charge in [0.15, 0.2) is 0 Å². The van der Waals surface area contributed by atoms with Crippen molar-refractivity contribution in [1.82, 2.24) is 10.2 Å². The molecule has 0 aliphatic carbocycles. The van der Waals surface area contributed by atoms with Crippen molar-refractivity contribution >= 4 is 6.09 Å². The first-order chi connectivity index (χ1) is 9.92.